The van der Waals surface area contributed by atoms with Crippen LogP contribution < -0.4 is 0 Å². The minimum atomic E-state index is 0.334. The highest BCUT2D eigenvalue weighted by Crippen LogP contribution is 2.41. The summed E-state index contributed by atoms with van der Waals surface area (Å²) in [5, 5.41) is 53.8. The molecule has 0 saturated carbocycles. The fourth-order valence-electron chi connectivity index (χ4n) is 8.14. The number of benzene rings is 7. The summed E-state index contributed by atoms with van der Waals surface area (Å²) < 4.78 is 4.03. The highest BCUT2D eigenvalue weighted by molar-refractivity contribution is 6.12. The zero-order valence-electron chi connectivity index (χ0n) is 31.5. The molecule has 0 aliphatic rings. The van der Waals surface area contributed by atoms with Crippen LogP contribution in [0.2, 0.25) is 0 Å². The maximum atomic E-state index is 11.1. The first-order chi connectivity index (χ1) is 29.5. The van der Waals surface area contributed by atoms with E-state index in [1.807, 2.05) is 124 Å². The van der Waals surface area contributed by atoms with Gasteiger partial charge in [0.15, 0.2) is 5.82 Å². The summed E-state index contributed by atoms with van der Waals surface area (Å²) in [4.78, 5) is 10.5. The molecule has 0 amide bonds. The van der Waals surface area contributed by atoms with E-state index in [0.717, 1.165) is 54.7 Å². The van der Waals surface area contributed by atoms with E-state index in [2.05, 4.69) is 30.3 Å². The molecule has 0 radical (unpaired) electrons. The number of rotatable bonds is 5. The standard InChI is InChI=1S/C51H25N9/c52-26-31-11-15-45-38(19-31)39-20-32(27-53)12-16-46(39)59(45)49-24-42(51-57-43(35-7-3-1-4-8-35)25-44(58-51)36-9-5-2-6-10-36)50(23-37(49)30-56)60-47-17-13-33(28-54)21-40(47)41-22-34(29-55)14-18-48(41)60/h1-25H. The van der Waals surface area contributed by atoms with Crippen molar-refractivity contribution in [2.24, 2.45) is 0 Å². The molecule has 0 saturated heterocycles. The van der Waals surface area contributed by atoms with Gasteiger partial charge >= 0.3 is 0 Å². The molecule has 0 aliphatic carbocycles. The van der Waals surface area contributed by atoms with E-state index in [4.69, 9.17) is 9.97 Å². The molecule has 0 bridgehead atoms. The van der Waals surface area contributed by atoms with Gasteiger partial charge in [0.05, 0.1) is 96.9 Å². The molecule has 0 N–H and O–H groups in total. The topological polar surface area (TPSA) is 155 Å². The summed E-state index contributed by atoms with van der Waals surface area (Å²) in [6.07, 6.45) is 0. The van der Waals surface area contributed by atoms with Crippen molar-refractivity contribution < 1.29 is 0 Å². The molecule has 274 valence electrons. The van der Waals surface area contributed by atoms with E-state index < -0.39 is 0 Å². The van der Waals surface area contributed by atoms with E-state index in [1.54, 1.807) is 36.4 Å². The van der Waals surface area contributed by atoms with Crippen LogP contribution >= 0.6 is 0 Å². The van der Waals surface area contributed by atoms with E-state index in [1.165, 1.54) is 0 Å². The van der Waals surface area contributed by atoms with Gasteiger partial charge < -0.3 is 9.13 Å². The van der Waals surface area contributed by atoms with Gasteiger partial charge in [0.2, 0.25) is 0 Å². The third-order valence-electron chi connectivity index (χ3n) is 10.9. The first-order valence-corrected chi connectivity index (χ1v) is 18.9. The molecule has 3 aromatic heterocycles. The highest BCUT2D eigenvalue weighted by Gasteiger charge is 2.24. The number of aromatic nitrogens is 4. The number of hydrogen-bond acceptors (Lipinski definition) is 7. The maximum absolute atomic E-state index is 11.1. The third kappa shape index (κ3) is 5.59. The SMILES string of the molecule is N#Cc1ccc2c(c1)c1cc(C#N)ccc1n2-c1cc(-c2nc(-c3ccccc3)cc(-c3ccccc3)n2)c(-n2c3ccc(C#N)cc3c3cc(C#N)ccc32)cc1C#N. The molecule has 0 unspecified atom stereocenters. The minimum Gasteiger partial charge on any atom is -0.308 e. The Balaban J connectivity index is 1.37. The number of fused-ring (bicyclic) bond motifs is 6. The largest absolute Gasteiger partial charge is 0.308 e. The average molecular weight is 764 g/mol. The number of nitrogens with zero attached hydrogens (tertiary/aromatic N) is 9. The monoisotopic (exact) mass is 763 g/mol. The number of hydrogen-bond donors (Lipinski definition) is 0. The van der Waals surface area contributed by atoms with Gasteiger partial charge in [-0.05, 0) is 91.0 Å². The van der Waals surface area contributed by atoms with Crippen molar-refractivity contribution in [3.8, 4) is 75.6 Å². The Morgan fingerprint density at radius 1 is 0.367 bits per heavy atom. The van der Waals surface area contributed by atoms with Crippen LogP contribution in [0.3, 0.4) is 0 Å². The third-order valence-corrected chi connectivity index (χ3v) is 10.9. The second-order valence-electron chi connectivity index (χ2n) is 14.2. The number of nitriles is 5. The first kappa shape index (κ1) is 35.1. The van der Waals surface area contributed by atoms with E-state index in [-0.39, 0.29) is 0 Å². The zero-order chi connectivity index (χ0) is 40.9. The molecule has 9 nitrogen and oxygen atoms in total. The quantitative estimate of drug-likeness (QED) is 0.169. The normalized spacial score (nSPS) is 10.9. The van der Waals surface area contributed by atoms with Crippen LogP contribution in [0.4, 0.5) is 0 Å². The van der Waals surface area contributed by atoms with Gasteiger partial charge in [-0.15, -0.1) is 0 Å². The second kappa shape index (κ2) is 14.0. The molecule has 0 aliphatic heterocycles. The van der Waals surface area contributed by atoms with E-state index >= 15 is 0 Å². The van der Waals surface area contributed by atoms with Gasteiger partial charge in [-0.2, -0.15) is 26.3 Å². The van der Waals surface area contributed by atoms with Crippen LogP contribution in [0, 0.1) is 56.7 Å². The second-order valence-corrected chi connectivity index (χ2v) is 14.2. The smallest absolute Gasteiger partial charge is 0.162 e. The summed E-state index contributed by atoms with van der Waals surface area (Å²) >= 11 is 0. The molecule has 9 heteroatoms. The van der Waals surface area contributed by atoms with Crippen LogP contribution in [-0.4, -0.2) is 19.1 Å². The summed E-state index contributed by atoms with van der Waals surface area (Å²) in [7, 11) is 0. The minimum absolute atomic E-state index is 0.334. The predicted molar refractivity (Wildman–Crippen MR) is 231 cm³/mol. The van der Waals surface area contributed by atoms with Crippen LogP contribution in [0.25, 0.3) is 88.9 Å². The van der Waals surface area contributed by atoms with Crippen LogP contribution in [0.5, 0.6) is 0 Å². The van der Waals surface area contributed by atoms with E-state index in [0.29, 0.717) is 62.0 Å². The Hall–Kier alpha value is -9.33. The summed E-state index contributed by atoms with van der Waals surface area (Å²) in [6.45, 7) is 0. The fraction of sp³-hybridized carbons (Fsp3) is 0. The molecule has 0 atom stereocenters. The van der Waals surface area contributed by atoms with Gasteiger partial charge in [0.25, 0.3) is 0 Å². The van der Waals surface area contributed by atoms with Crippen molar-refractivity contribution in [1.29, 1.82) is 26.3 Å². The Morgan fingerprint density at radius 2 is 0.750 bits per heavy atom. The van der Waals surface area contributed by atoms with Crippen molar-refractivity contribution in [2.75, 3.05) is 0 Å². The van der Waals surface area contributed by atoms with Gasteiger partial charge in [-0.1, -0.05) is 60.7 Å². The zero-order valence-corrected chi connectivity index (χ0v) is 31.5. The van der Waals surface area contributed by atoms with Crippen molar-refractivity contribution in [3.63, 3.8) is 0 Å². The van der Waals surface area contributed by atoms with Gasteiger partial charge in [-0.25, -0.2) is 9.97 Å². The lowest BCUT2D eigenvalue weighted by molar-refractivity contribution is 1.11. The lowest BCUT2D eigenvalue weighted by atomic mass is 10.0. The van der Waals surface area contributed by atoms with Gasteiger partial charge in [-0.3, -0.25) is 0 Å². The summed E-state index contributed by atoms with van der Waals surface area (Å²) in [6, 6.07) is 58.7. The van der Waals surface area contributed by atoms with Gasteiger partial charge in [0.1, 0.15) is 6.07 Å². The Kier molecular flexibility index (Phi) is 8.19. The lowest BCUT2D eigenvalue weighted by Crippen LogP contribution is -2.06. The van der Waals surface area contributed by atoms with Crippen molar-refractivity contribution in [2.45, 2.75) is 0 Å². The predicted octanol–water partition coefficient (Wildman–Crippen LogP) is 11.0. The molecular weight excluding hydrogens is 739 g/mol. The van der Waals surface area contributed by atoms with Crippen molar-refractivity contribution in [1.82, 2.24) is 19.1 Å². The van der Waals surface area contributed by atoms with Gasteiger partial charge in [0, 0.05) is 38.2 Å². The Labute approximate surface area is 343 Å². The van der Waals surface area contributed by atoms with Crippen LogP contribution in [0.1, 0.15) is 27.8 Å². The maximum Gasteiger partial charge on any atom is 0.162 e. The lowest BCUT2D eigenvalue weighted by Gasteiger charge is -2.19. The highest BCUT2D eigenvalue weighted by atomic mass is 15.0. The van der Waals surface area contributed by atoms with Crippen LogP contribution in [-0.2, 0) is 0 Å². The average Bonchev–Trinajstić information content (AvgIpc) is 3.82. The fourth-order valence-corrected chi connectivity index (χ4v) is 8.14. The molecule has 10 aromatic rings. The first-order valence-electron chi connectivity index (χ1n) is 18.9. The Morgan fingerprint density at radius 3 is 1.12 bits per heavy atom. The van der Waals surface area contributed by atoms with Crippen LogP contribution in [0.15, 0.2) is 152 Å². The summed E-state index contributed by atoms with van der Waals surface area (Å²) in [5.41, 5.74) is 10.1. The molecule has 3 heterocycles. The molecule has 7 aromatic carbocycles. The van der Waals surface area contributed by atoms with Crippen molar-refractivity contribution >= 4 is 43.6 Å². The summed E-state index contributed by atoms with van der Waals surface area (Å²) in [5.74, 6) is 0.396. The molecule has 0 spiro atoms. The van der Waals surface area contributed by atoms with E-state index in [9.17, 15) is 26.3 Å². The van der Waals surface area contributed by atoms with Crippen molar-refractivity contribution in [3.05, 3.63) is 179 Å². The molecular formula is C51H25N9. The Bertz CT molecular complexity index is 3450. The molecule has 60 heavy (non-hydrogen) atoms. The molecule has 0 fully saturated rings. The molecule has 10 rings (SSSR count).